The van der Waals surface area contributed by atoms with Gasteiger partial charge in [-0.25, -0.2) is 0 Å². The average molecular weight is 354 g/mol. The average Bonchev–Trinajstić information content (AvgIpc) is 3.14. The van der Waals surface area contributed by atoms with Crippen molar-refractivity contribution in [2.24, 2.45) is 0 Å². The third-order valence-electron chi connectivity index (χ3n) is 5.47. The first-order valence-corrected chi connectivity index (χ1v) is 9.57. The van der Waals surface area contributed by atoms with Crippen molar-refractivity contribution in [2.45, 2.75) is 33.1 Å². The number of nitrogens with zero attached hydrogens (tertiary/aromatic N) is 2. The summed E-state index contributed by atoms with van der Waals surface area (Å²) >= 11 is 0. The lowest BCUT2D eigenvalue weighted by Crippen LogP contribution is -1.96. The molecule has 3 heteroatoms. The fraction of sp³-hybridized carbons (Fsp3) is 0.250. The van der Waals surface area contributed by atoms with Gasteiger partial charge in [0.25, 0.3) is 0 Å². The van der Waals surface area contributed by atoms with Crippen molar-refractivity contribution in [3.05, 3.63) is 76.6 Å². The number of benzene rings is 2. The Hall–Kier alpha value is -2.94. The van der Waals surface area contributed by atoms with Crippen LogP contribution in [0.3, 0.4) is 0 Å². The largest absolute Gasteiger partial charge is 0.493 e. The highest BCUT2D eigenvalue weighted by molar-refractivity contribution is 6.05. The Morgan fingerprint density at radius 1 is 0.926 bits per heavy atom. The predicted molar refractivity (Wildman–Crippen MR) is 110 cm³/mol. The van der Waals surface area contributed by atoms with Crippen LogP contribution in [0.5, 0.6) is 5.75 Å². The molecule has 0 bridgehead atoms. The van der Waals surface area contributed by atoms with Gasteiger partial charge in [-0.05, 0) is 67.1 Å². The molecule has 5 rings (SSSR count). The van der Waals surface area contributed by atoms with E-state index in [0.29, 0.717) is 0 Å². The van der Waals surface area contributed by atoms with Crippen LogP contribution in [0.1, 0.15) is 27.9 Å². The van der Waals surface area contributed by atoms with Gasteiger partial charge in [0.2, 0.25) is 0 Å². The Labute approximate surface area is 159 Å². The molecule has 2 aromatic heterocycles. The third kappa shape index (κ3) is 2.93. The molecule has 4 aromatic rings. The molecule has 0 spiro atoms. The smallest absolute Gasteiger partial charge is 0.122 e. The molecule has 2 aromatic carbocycles. The first kappa shape index (κ1) is 16.2. The normalized spacial score (nSPS) is 13.1. The van der Waals surface area contributed by atoms with Gasteiger partial charge >= 0.3 is 0 Å². The van der Waals surface area contributed by atoms with Gasteiger partial charge in [0, 0.05) is 23.4 Å². The van der Waals surface area contributed by atoms with E-state index in [0.717, 1.165) is 48.3 Å². The van der Waals surface area contributed by atoms with E-state index >= 15 is 0 Å². The second-order valence-electron chi connectivity index (χ2n) is 7.50. The Kier molecular flexibility index (Phi) is 3.82. The van der Waals surface area contributed by atoms with E-state index < -0.39 is 0 Å². The van der Waals surface area contributed by atoms with E-state index in [9.17, 15) is 0 Å². The summed E-state index contributed by atoms with van der Waals surface area (Å²) in [6.45, 7) is 4.97. The Morgan fingerprint density at radius 3 is 2.74 bits per heavy atom. The number of ether oxygens (including phenoxy) is 1. The van der Waals surface area contributed by atoms with Gasteiger partial charge in [-0.15, -0.1) is 0 Å². The van der Waals surface area contributed by atoms with Crippen molar-refractivity contribution < 1.29 is 4.74 Å². The van der Waals surface area contributed by atoms with Crippen LogP contribution in [-0.2, 0) is 19.3 Å². The van der Waals surface area contributed by atoms with Crippen LogP contribution in [0.15, 0.2) is 48.7 Å². The van der Waals surface area contributed by atoms with E-state index in [-0.39, 0.29) is 0 Å². The minimum Gasteiger partial charge on any atom is -0.493 e. The lowest BCUT2D eigenvalue weighted by Gasteiger charge is -2.09. The molecule has 0 atom stereocenters. The first-order valence-electron chi connectivity index (χ1n) is 9.57. The standard InChI is InChI=1S/C24H22N2O/c1-15-3-7-20-21-13-18(14-25-24(21)16(2)26-22(20)11-15)5-4-17-6-8-23-19(12-17)9-10-27-23/h3,6-8,11-14H,4-5,9-10H2,1-2H3. The van der Waals surface area contributed by atoms with Crippen LogP contribution in [-0.4, -0.2) is 16.6 Å². The number of aryl methyl sites for hydroxylation is 4. The first-order chi connectivity index (χ1) is 13.2. The number of hydrogen-bond donors (Lipinski definition) is 0. The Balaban J connectivity index is 1.49. The topological polar surface area (TPSA) is 35.0 Å². The summed E-state index contributed by atoms with van der Waals surface area (Å²) in [6.07, 6.45) is 5.03. The molecule has 0 saturated carbocycles. The van der Waals surface area contributed by atoms with Crippen molar-refractivity contribution in [3.8, 4) is 5.75 Å². The summed E-state index contributed by atoms with van der Waals surface area (Å²) in [5.41, 5.74) is 8.26. The molecule has 134 valence electrons. The summed E-state index contributed by atoms with van der Waals surface area (Å²) in [4.78, 5) is 9.49. The maximum Gasteiger partial charge on any atom is 0.122 e. The Bertz CT molecular complexity index is 1180. The molecule has 0 radical (unpaired) electrons. The van der Waals surface area contributed by atoms with Gasteiger partial charge in [0.15, 0.2) is 0 Å². The molecule has 0 N–H and O–H groups in total. The highest BCUT2D eigenvalue weighted by Gasteiger charge is 2.12. The van der Waals surface area contributed by atoms with Gasteiger partial charge in [0.1, 0.15) is 5.75 Å². The summed E-state index contributed by atoms with van der Waals surface area (Å²) in [5, 5.41) is 2.39. The van der Waals surface area contributed by atoms with E-state index in [1.54, 1.807) is 0 Å². The summed E-state index contributed by atoms with van der Waals surface area (Å²) in [5.74, 6) is 1.05. The second-order valence-corrected chi connectivity index (χ2v) is 7.50. The summed E-state index contributed by atoms with van der Waals surface area (Å²) < 4.78 is 5.61. The molecule has 0 amide bonds. The van der Waals surface area contributed by atoms with E-state index in [1.807, 2.05) is 13.1 Å². The lowest BCUT2D eigenvalue weighted by molar-refractivity contribution is 0.357. The molecule has 27 heavy (non-hydrogen) atoms. The van der Waals surface area contributed by atoms with Crippen LogP contribution in [0.4, 0.5) is 0 Å². The highest BCUT2D eigenvalue weighted by Crippen LogP contribution is 2.28. The number of hydrogen-bond acceptors (Lipinski definition) is 3. The minimum absolute atomic E-state index is 0.813. The molecule has 1 aliphatic rings. The number of fused-ring (bicyclic) bond motifs is 4. The third-order valence-corrected chi connectivity index (χ3v) is 5.47. The zero-order valence-electron chi connectivity index (χ0n) is 15.7. The van der Waals surface area contributed by atoms with E-state index in [4.69, 9.17) is 14.7 Å². The zero-order chi connectivity index (χ0) is 18.4. The van der Waals surface area contributed by atoms with Crippen molar-refractivity contribution in [3.63, 3.8) is 0 Å². The van der Waals surface area contributed by atoms with Gasteiger partial charge in [-0.3, -0.25) is 9.97 Å². The van der Waals surface area contributed by atoms with Crippen molar-refractivity contribution in [1.82, 2.24) is 9.97 Å². The van der Waals surface area contributed by atoms with Crippen molar-refractivity contribution >= 4 is 21.8 Å². The lowest BCUT2D eigenvalue weighted by atomic mass is 10.00. The van der Waals surface area contributed by atoms with E-state index in [1.165, 1.54) is 33.0 Å². The molecule has 0 aliphatic carbocycles. The maximum atomic E-state index is 5.61. The van der Waals surface area contributed by atoms with Gasteiger partial charge < -0.3 is 4.74 Å². The molecule has 1 aliphatic heterocycles. The van der Waals surface area contributed by atoms with Crippen LogP contribution in [0.2, 0.25) is 0 Å². The Morgan fingerprint density at radius 2 is 1.81 bits per heavy atom. The summed E-state index contributed by atoms with van der Waals surface area (Å²) in [7, 11) is 0. The molecule has 0 unspecified atom stereocenters. The number of rotatable bonds is 3. The van der Waals surface area contributed by atoms with Crippen LogP contribution in [0.25, 0.3) is 21.8 Å². The van der Waals surface area contributed by atoms with Crippen molar-refractivity contribution in [2.75, 3.05) is 6.61 Å². The predicted octanol–water partition coefficient (Wildman–Crippen LogP) is 5.12. The molecule has 0 fully saturated rings. The minimum atomic E-state index is 0.813. The number of pyridine rings is 2. The highest BCUT2D eigenvalue weighted by atomic mass is 16.5. The molecule has 3 nitrogen and oxygen atoms in total. The SMILES string of the molecule is Cc1ccc2c(c1)nc(C)c1ncc(CCc3ccc4c(c3)CCO4)cc12. The van der Waals surface area contributed by atoms with Gasteiger partial charge in [-0.1, -0.05) is 24.3 Å². The fourth-order valence-corrected chi connectivity index (χ4v) is 4.02. The van der Waals surface area contributed by atoms with Crippen LogP contribution < -0.4 is 4.74 Å². The number of aromatic nitrogens is 2. The second kappa shape index (κ2) is 6.34. The molecular weight excluding hydrogens is 332 g/mol. The van der Waals surface area contributed by atoms with Crippen molar-refractivity contribution in [1.29, 1.82) is 0 Å². The summed E-state index contributed by atoms with van der Waals surface area (Å²) in [6, 6.07) is 15.4. The monoisotopic (exact) mass is 354 g/mol. The molecule has 0 saturated heterocycles. The maximum absolute atomic E-state index is 5.61. The molecular formula is C24H22N2O. The van der Waals surface area contributed by atoms with Crippen LogP contribution in [0, 0.1) is 13.8 Å². The van der Waals surface area contributed by atoms with Gasteiger partial charge in [0.05, 0.1) is 23.3 Å². The van der Waals surface area contributed by atoms with Gasteiger partial charge in [-0.2, -0.15) is 0 Å². The van der Waals surface area contributed by atoms with E-state index in [2.05, 4.69) is 49.4 Å². The zero-order valence-corrected chi connectivity index (χ0v) is 15.7. The van der Waals surface area contributed by atoms with Crippen LogP contribution >= 0.6 is 0 Å². The quantitative estimate of drug-likeness (QED) is 0.479. The fourth-order valence-electron chi connectivity index (χ4n) is 4.02. The molecule has 3 heterocycles.